The van der Waals surface area contributed by atoms with Crippen LogP contribution in [-0.4, -0.2) is 30.4 Å². The fourth-order valence-electron chi connectivity index (χ4n) is 3.74. The molecule has 3 heteroatoms. The molecule has 0 aliphatic carbocycles. The SMILES string of the molecule is C[C@@H](C(=O)N1CCc2ccccc21)N(C)Cc1ccc2ccccc2c1. The van der Waals surface area contributed by atoms with Gasteiger partial charge in [0.25, 0.3) is 0 Å². The second kappa shape index (κ2) is 6.93. The van der Waals surface area contributed by atoms with Gasteiger partial charge in [-0.3, -0.25) is 9.69 Å². The van der Waals surface area contributed by atoms with Crippen LogP contribution in [0.3, 0.4) is 0 Å². The lowest BCUT2D eigenvalue weighted by Crippen LogP contribution is -2.45. The third-order valence-corrected chi connectivity index (χ3v) is 5.42. The van der Waals surface area contributed by atoms with E-state index in [2.05, 4.69) is 59.5 Å². The summed E-state index contributed by atoms with van der Waals surface area (Å²) in [5, 5.41) is 2.49. The molecule has 0 spiro atoms. The molecule has 26 heavy (non-hydrogen) atoms. The van der Waals surface area contributed by atoms with Gasteiger partial charge in [0.1, 0.15) is 0 Å². The highest BCUT2D eigenvalue weighted by atomic mass is 16.2. The summed E-state index contributed by atoms with van der Waals surface area (Å²) in [4.78, 5) is 17.1. The number of carbonyl (C=O) groups excluding carboxylic acids is 1. The van der Waals surface area contributed by atoms with Gasteiger partial charge in [-0.25, -0.2) is 0 Å². The molecule has 1 aliphatic rings. The van der Waals surface area contributed by atoms with Crippen LogP contribution in [0, 0.1) is 0 Å². The molecule has 0 fully saturated rings. The first-order valence-electron chi connectivity index (χ1n) is 9.21. The summed E-state index contributed by atoms with van der Waals surface area (Å²) in [6.45, 7) is 3.55. The number of para-hydroxylation sites is 1. The van der Waals surface area contributed by atoms with Gasteiger partial charge in [-0.15, -0.1) is 0 Å². The Morgan fingerprint density at radius 1 is 1.04 bits per heavy atom. The van der Waals surface area contributed by atoms with Crippen LogP contribution in [0.5, 0.6) is 0 Å². The highest BCUT2D eigenvalue weighted by molar-refractivity contribution is 5.98. The Morgan fingerprint density at radius 2 is 1.77 bits per heavy atom. The lowest BCUT2D eigenvalue weighted by Gasteiger charge is -2.28. The molecule has 0 radical (unpaired) electrons. The Hall–Kier alpha value is -2.65. The molecule has 0 unspecified atom stereocenters. The fourth-order valence-corrected chi connectivity index (χ4v) is 3.74. The first kappa shape index (κ1) is 16.8. The first-order valence-corrected chi connectivity index (χ1v) is 9.21. The molecule has 0 saturated carbocycles. The van der Waals surface area contributed by atoms with Crippen molar-refractivity contribution >= 4 is 22.4 Å². The minimum atomic E-state index is -0.160. The van der Waals surface area contributed by atoms with E-state index in [-0.39, 0.29) is 11.9 Å². The fraction of sp³-hybridized carbons (Fsp3) is 0.261. The number of carbonyl (C=O) groups is 1. The molecule has 4 rings (SSSR count). The van der Waals surface area contributed by atoms with Crippen molar-refractivity contribution in [3.8, 4) is 0 Å². The highest BCUT2D eigenvalue weighted by Gasteiger charge is 2.29. The molecule has 3 aromatic carbocycles. The number of anilines is 1. The molecule has 3 nitrogen and oxygen atoms in total. The van der Waals surface area contributed by atoms with Gasteiger partial charge in [0.15, 0.2) is 0 Å². The van der Waals surface area contributed by atoms with Crippen LogP contribution in [0.15, 0.2) is 66.7 Å². The van der Waals surface area contributed by atoms with Crippen LogP contribution in [0.25, 0.3) is 10.8 Å². The van der Waals surface area contributed by atoms with E-state index in [0.29, 0.717) is 0 Å². The predicted octanol–water partition coefficient (Wildman–Crippen LogP) is 4.25. The molecule has 1 atom stereocenters. The minimum Gasteiger partial charge on any atom is -0.310 e. The summed E-state index contributed by atoms with van der Waals surface area (Å²) in [5.74, 6) is 0.179. The summed E-state index contributed by atoms with van der Waals surface area (Å²) in [5.41, 5.74) is 3.57. The van der Waals surface area contributed by atoms with Crippen molar-refractivity contribution in [3.63, 3.8) is 0 Å². The van der Waals surface area contributed by atoms with E-state index in [0.717, 1.165) is 25.2 Å². The minimum absolute atomic E-state index is 0.160. The Morgan fingerprint density at radius 3 is 2.62 bits per heavy atom. The maximum Gasteiger partial charge on any atom is 0.244 e. The maximum absolute atomic E-state index is 13.0. The summed E-state index contributed by atoms with van der Waals surface area (Å²) in [6.07, 6.45) is 0.947. The Bertz CT molecular complexity index is 950. The lowest BCUT2D eigenvalue weighted by atomic mass is 10.1. The third kappa shape index (κ3) is 3.11. The van der Waals surface area contributed by atoms with Crippen molar-refractivity contribution in [2.75, 3.05) is 18.5 Å². The van der Waals surface area contributed by atoms with Crippen LogP contribution in [0.2, 0.25) is 0 Å². The van der Waals surface area contributed by atoms with E-state index >= 15 is 0 Å². The van der Waals surface area contributed by atoms with Gasteiger partial charge < -0.3 is 4.90 Å². The molecule has 1 amide bonds. The van der Waals surface area contributed by atoms with E-state index in [1.165, 1.54) is 21.9 Å². The zero-order valence-electron chi connectivity index (χ0n) is 15.4. The van der Waals surface area contributed by atoms with Crippen molar-refractivity contribution in [1.82, 2.24) is 4.90 Å². The quantitative estimate of drug-likeness (QED) is 0.706. The number of hydrogen-bond acceptors (Lipinski definition) is 2. The highest BCUT2D eigenvalue weighted by Crippen LogP contribution is 2.28. The van der Waals surface area contributed by atoms with Crippen LogP contribution < -0.4 is 4.90 Å². The van der Waals surface area contributed by atoms with E-state index in [9.17, 15) is 4.79 Å². The van der Waals surface area contributed by atoms with Crippen LogP contribution in [0.1, 0.15) is 18.1 Å². The van der Waals surface area contributed by atoms with Gasteiger partial charge in [-0.2, -0.15) is 0 Å². The Balaban J connectivity index is 1.48. The predicted molar refractivity (Wildman–Crippen MR) is 107 cm³/mol. The van der Waals surface area contributed by atoms with E-state index < -0.39 is 0 Å². The van der Waals surface area contributed by atoms with Crippen molar-refractivity contribution in [2.45, 2.75) is 25.9 Å². The second-order valence-electron chi connectivity index (χ2n) is 7.14. The average Bonchev–Trinajstić information content (AvgIpc) is 3.11. The van der Waals surface area contributed by atoms with Crippen LogP contribution in [-0.2, 0) is 17.8 Å². The van der Waals surface area contributed by atoms with Crippen molar-refractivity contribution in [1.29, 1.82) is 0 Å². The summed E-state index contributed by atoms with van der Waals surface area (Å²) >= 11 is 0. The molecule has 0 bridgehead atoms. The van der Waals surface area contributed by atoms with Crippen LogP contribution >= 0.6 is 0 Å². The second-order valence-corrected chi connectivity index (χ2v) is 7.14. The molecular formula is C23H24N2O. The van der Waals surface area contributed by atoms with Crippen molar-refractivity contribution in [3.05, 3.63) is 77.9 Å². The maximum atomic E-state index is 13.0. The van der Waals surface area contributed by atoms with Gasteiger partial charge in [0, 0.05) is 18.8 Å². The number of fused-ring (bicyclic) bond motifs is 2. The molecule has 0 saturated heterocycles. The van der Waals surface area contributed by atoms with Gasteiger partial charge >= 0.3 is 0 Å². The monoisotopic (exact) mass is 344 g/mol. The zero-order valence-corrected chi connectivity index (χ0v) is 15.4. The van der Waals surface area contributed by atoms with E-state index in [1.54, 1.807) is 0 Å². The molecule has 1 heterocycles. The number of benzene rings is 3. The molecule has 1 aliphatic heterocycles. The normalized spacial score (nSPS) is 14.7. The number of amides is 1. The zero-order chi connectivity index (χ0) is 18.1. The standard InChI is InChI=1S/C23H24N2O/c1-17(23(26)25-14-13-20-8-5-6-10-22(20)25)24(2)16-18-11-12-19-7-3-4-9-21(19)15-18/h3-12,15,17H,13-14,16H2,1-2H3/t17-/m0/s1. The summed E-state index contributed by atoms with van der Waals surface area (Å²) < 4.78 is 0. The molecule has 3 aromatic rings. The number of nitrogens with zero attached hydrogens (tertiary/aromatic N) is 2. The van der Waals surface area contributed by atoms with E-state index in [4.69, 9.17) is 0 Å². The van der Waals surface area contributed by atoms with Gasteiger partial charge in [0.05, 0.1) is 6.04 Å². The number of hydrogen-bond donors (Lipinski definition) is 0. The lowest BCUT2D eigenvalue weighted by molar-refractivity contribution is -0.122. The third-order valence-electron chi connectivity index (χ3n) is 5.42. The van der Waals surface area contributed by atoms with Gasteiger partial charge in [0.2, 0.25) is 5.91 Å². The van der Waals surface area contributed by atoms with Gasteiger partial charge in [-0.05, 0) is 54.4 Å². The smallest absolute Gasteiger partial charge is 0.244 e. The van der Waals surface area contributed by atoms with Crippen molar-refractivity contribution in [2.24, 2.45) is 0 Å². The first-order chi connectivity index (χ1) is 12.6. The summed E-state index contributed by atoms with van der Waals surface area (Å²) in [6, 6.07) is 23.0. The Kier molecular flexibility index (Phi) is 4.48. The molecule has 0 aromatic heterocycles. The number of likely N-dealkylation sites (N-methyl/N-ethyl adjacent to an activating group) is 1. The molecular weight excluding hydrogens is 320 g/mol. The molecule has 132 valence electrons. The largest absolute Gasteiger partial charge is 0.310 e. The average molecular weight is 344 g/mol. The Labute approximate surface area is 154 Å². The summed E-state index contributed by atoms with van der Waals surface area (Å²) in [7, 11) is 2.03. The number of rotatable bonds is 4. The van der Waals surface area contributed by atoms with Crippen molar-refractivity contribution < 1.29 is 4.79 Å². The van der Waals surface area contributed by atoms with Crippen LogP contribution in [0.4, 0.5) is 5.69 Å². The van der Waals surface area contributed by atoms with E-state index in [1.807, 2.05) is 31.0 Å². The molecule has 0 N–H and O–H groups in total. The van der Waals surface area contributed by atoms with Gasteiger partial charge in [-0.1, -0.05) is 54.6 Å². The topological polar surface area (TPSA) is 23.6 Å².